The van der Waals surface area contributed by atoms with Crippen molar-refractivity contribution in [3.63, 3.8) is 0 Å². The maximum Gasteiger partial charge on any atom is 0.236 e. The summed E-state index contributed by atoms with van der Waals surface area (Å²) in [5, 5.41) is 2.89. The third-order valence-electron chi connectivity index (χ3n) is 3.26. The summed E-state index contributed by atoms with van der Waals surface area (Å²) >= 11 is 0. The Morgan fingerprint density at radius 2 is 1.84 bits per heavy atom. The first kappa shape index (κ1) is 17.9. The Bertz CT molecular complexity index is 399. The van der Waals surface area contributed by atoms with E-state index in [9.17, 15) is 4.79 Å². The minimum atomic E-state index is -0.455. The molecule has 0 radical (unpaired) electrons. The second-order valence-corrected chi connectivity index (χ2v) is 5.44. The van der Waals surface area contributed by atoms with Gasteiger partial charge in [0.05, 0.1) is 6.04 Å². The molecule has 19 heavy (non-hydrogen) atoms. The fourth-order valence-corrected chi connectivity index (χ4v) is 1.76. The molecule has 0 saturated carbocycles. The first-order valence-corrected chi connectivity index (χ1v) is 6.49. The maximum atomic E-state index is 11.5. The minimum absolute atomic E-state index is 0. The molecule has 3 nitrogen and oxygen atoms in total. The number of rotatable bonds is 5. The molecule has 0 aliphatic carbocycles. The summed E-state index contributed by atoms with van der Waals surface area (Å²) in [6.45, 7) is 8.67. The second kappa shape index (κ2) is 7.51. The Hall–Kier alpha value is -1.06. The molecule has 3 N–H and O–H groups in total. The van der Waals surface area contributed by atoms with Gasteiger partial charge in [0.15, 0.2) is 0 Å². The van der Waals surface area contributed by atoms with Gasteiger partial charge in [0.1, 0.15) is 0 Å². The summed E-state index contributed by atoms with van der Waals surface area (Å²) in [5.41, 5.74) is 8.00. The molecule has 0 spiro atoms. The molecule has 4 heteroatoms. The SMILES string of the molecule is CCc1ccc(C(C)(C)CNC(=O)[C@@H](C)N)cc1.Cl. The number of carbonyl (C=O) groups excluding carboxylic acids is 1. The van der Waals surface area contributed by atoms with Gasteiger partial charge >= 0.3 is 0 Å². The Balaban J connectivity index is 0.00000324. The first-order valence-electron chi connectivity index (χ1n) is 6.49. The average Bonchev–Trinajstić information content (AvgIpc) is 2.36. The van der Waals surface area contributed by atoms with Crippen LogP contribution in [0.1, 0.15) is 38.8 Å². The zero-order valence-electron chi connectivity index (χ0n) is 12.2. The highest BCUT2D eigenvalue weighted by Crippen LogP contribution is 2.22. The fraction of sp³-hybridized carbons (Fsp3) is 0.533. The topological polar surface area (TPSA) is 55.1 Å². The molecule has 1 amide bonds. The molecule has 0 heterocycles. The molecular weight excluding hydrogens is 260 g/mol. The number of nitrogens with two attached hydrogens (primary N) is 1. The van der Waals surface area contributed by atoms with Crippen molar-refractivity contribution >= 4 is 18.3 Å². The number of benzene rings is 1. The zero-order valence-corrected chi connectivity index (χ0v) is 13.0. The molecule has 0 bridgehead atoms. The largest absolute Gasteiger partial charge is 0.354 e. The number of aryl methyl sites for hydroxylation is 1. The van der Waals surface area contributed by atoms with Crippen LogP contribution in [0.15, 0.2) is 24.3 Å². The van der Waals surface area contributed by atoms with E-state index in [4.69, 9.17) is 5.73 Å². The summed E-state index contributed by atoms with van der Waals surface area (Å²) in [6, 6.07) is 8.10. The lowest BCUT2D eigenvalue weighted by Crippen LogP contribution is -2.43. The van der Waals surface area contributed by atoms with E-state index in [0.29, 0.717) is 6.54 Å². The smallest absolute Gasteiger partial charge is 0.236 e. The molecular formula is C15H25ClN2O. The van der Waals surface area contributed by atoms with Crippen molar-refractivity contribution in [1.82, 2.24) is 5.32 Å². The van der Waals surface area contributed by atoms with E-state index < -0.39 is 6.04 Å². The van der Waals surface area contributed by atoms with E-state index in [2.05, 4.69) is 50.4 Å². The highest BCUT2D eigenvalue weighted by atomic mass is 35.5. The molecule has 1 aromatic carbocycles. The molecule has 0 saturated heterocycles. The van der Waals surface area contributed by atoms with E-state index in [1.54, 1.807) is 6.92 Å². The highest BCUT2D eigenvalue weighted by molar-refractivity contribution is 5.85. The van der Waals surface area contributed by atoms with Crippen molar-refractivity contribution in [1.29, 1.82) is 0 Å². The molecule has 0 aromatic heterocycles. The lowest BCUT2D eigenvalue weighted by Gasteiger charge is -2.26. The Kier molecular flexibility index (Phi) is 7.09. The number of nitrogens with one attached hydrogen (secondary N) is 1. The van der Waals surface area contributed by atoms with Gasteiger partial charge in [0.25, 0.3) is 0 Å². The van der Waals surface area contributed by atoms with Crippen LogP contribution in [0.25, 0.3) is 0 Å². The molecule has 1 rings (SSSR count). The van der Waals surface area contributed by atoms with Crippen molar-refractivity contribution in [2.75, 3.05) is 6.54 Å². The molecule has 108 valence electrons. The van der Waals surface area contributed by atoms with E-state index in [1.165, 1.54) is 11.1 Å². The molecule has 1 aromatic rings. The minimum Gasteiger partial charge on any atom is -0.354 e. The number of carbonyl (C=O) groups is 1. The lowest BCUT2D eigenvalue weighted by atomic mass is 9.84. The summed E-state index contributed by atoms with van der Waals surface area (Å²) in [7, 11) is 0. The van der Waals surface area contributed by atoms with Gasteiger partial charge in [-0.1, -0.05) is 45.0 Å². The van der Waals surface area contributed by atoms with E-state index in [0.717, 1.165) is 6.42 Å². The van der Waals surface area contributed by atoms with Gasteiger partial charge in [-0.25, -0.2) is 0 Å². The third kappa shape index (κ3) is 5.21. The molecule has 0 aliphatic heterocycles. The molecule has 1 atom stereocenters. The van der Waals surface area contributed by atoms with Crippen molar-refractivity contribution in [3.05, 3.63) is 35.4 Å². The number of hydrogen-bond donors (Lipinski definition) is 2. The number of amides is 1. The Labute approximate surface area is 122 Å². The van der Waals surface area contributed by atoms with Crippen molar-refractivity contribution in [3.8, 4) is 0 Å². The van der Waals surface area contributed by atoms with Crippen LogP contribution in [-0.4, -0.2) is 18.5 Å². The van der Waals surface area contributed by atoms with Crippen LogP contribution in [0.4, 0.5) is 0 Å². The van der Waals surface area contributed by atoms with E-state index in [-0.39, 0.29) is 23.7 Å². The Morgan fingerprint density at radius 3 is 2.26 bits per heavy atom. The van der Waals surface area contributed by atoms with Gasteiger partial charge in [0, 0.05) is 12.0 Å². The van der Waals surface area contributed by atoms with Crippen LogP contribution < -0.4 is 11.1 Å². The zero-order chi connectivity index (χ0) is 13.8. The average molecular weight is 285 g/mol. The normalized spacial score (nSPS) is 12.5. The first-order chi connectivity index (χ1) is 8.36. The van der Waals surface area contributed by atoms with Crippen molar-refractivity contribution in [2.45, 2.75) is 45.6 Å². The molecule has 0 unspecified atom stereocenters. The van der Waals surface area contributed by atoms with Crippen LogP contribution >= 0.6 is 12.4 Å². The summed E-state index contributed by atoms with van der Waals surface area (Å²) in [6.07, 6.45) is 1.04. The summed E-state index contributed by atoms with van der Waals surface area (Å²) < 4.78 is 0. The van der Waals surface area contributed by atoms with E-state index >= 15 is 0 Å². The fourth-order valence-electron chi connectivity index (χ4n) is 1.76. The van der Waals surface area contributed by atoms with Gasteiger partial charge in [-0.05, 0) is 24.5 Å². The molecule has 0 aliphatic rings. The van der Waals surface area contributed by atoms with Gasteiger partial charge in [-0.3, -0.25) is 4.79 Å². The third-order valence-corrected chi connectivity index (χ3v) is 3.26. The predicted octanol–water partition coefficient (Wildman–Crippen LogP) is 2.41. The van der Waals surface area contributed by atoms with Crippen LogP contribution in [-0.2, 0) is 16.6 Å². The standard InChI is InChI=1S/C15H24N2O.ClH/c1-5-12-6-8-13(9-7-12)15(3,4)10-17-14(18)11(2)16;/h6-9,11H,5,10,16H2,1-4H3,(H,17,18);1H/t11-;/m1./s1. The highest BCUT2D eigenvalue weighted by Gasteiger charge is 2.21. The van der Waals surface area contributed by atoms with Crippen LogP contribution in [0, 0.1) is 0 Å². The number of halogens is 1. The quantitative estimate of drug-likeness (QED) is 0.872. The molecule has 0 fully saturated rings. The van der Waals surface area contributed by atoms with Crippen molar-refractivity contribution in [2.24, 2.45) is 5.73 Å². The van der Waals surface area contributed by atoms with Crippen LogP contribution in [0.3, 0.4) is 0 Å². The van der Waals surface area contributed by atoms with Gasteiger partial charge < -0.3 is 11.1 Å². The van der Waals surface area contributed by atoms with E-state index in [1.807, 2.05) is 0 Å². The monoisotopic (exact) mass is 284 g/mol. The second-order valence-electron chi connectivity index (χ2n) is 5.44. The van der Waals surface area contributed by atoms with Gasteiger partial charge in [-0.15, -0.1) is 12.4 Å². The van der Waals surface area contributed by atoms with Gasteiger partial charge in [0.2, 0.25) is 5.91 Å². The van der Waals surface area contributed by atoms with Gasteiger partial charge in [-0.2, -0.15) is 0 Å². The maximum absolute atomic E-state index is 11.5. The van der Waals surface area contributed by atoms with Crippen molar-refractivity contribution < 1.29 is 4.79 Å². The van der Waals surface area contributed by atoms with Crippen LogP contribution in [0.5, 0.6) is 0 Å². The Morgan fingerprint density at radius 1 is 1.32 bits per heavy atom. The lowest BCUT2D eigenvalue weighted by molar-refractivity contribution is -0.122. The number of hydrogen-bond acceptors (Lipinski definition) is 2. The van der Waals surface area contributed by atoms with Crippen LogP contribution in [0.2, 0.25) is 0 Å². The summed E-state index contributed by atoms with van der Waals surface area (Å²) in [5.74, 6) is -0.103. The summed E-state index contributed by atoms with van der Waals surface area (Å²) in [4.78, 5) is 11.5. The predicted molar refractivity (Wildman–Crippen MR) is 82.8 cm³/mol.